The topological polar surface area (TPSA) is 58.2 Å². The number of aromatic nitrogens is 2. The van der Waals surface area contributed by atoms with Gasteiger partial charge in [0.1, 0.15) is 11.6 Å². The highest BCUT2D eigenvalue weighted by atomic mass is 35.5. The van der Waals surface area contributed by atoms with E-state index in [9.17, 15) is 4.79 Å². The molecule has 0 atom stereocenters. The predicted molar refractivity (Wildman–Crippen MR) is 111 cm³/mol. The van der Waals surface area contributed by atoms with Gasteiger partial charge in [0.2, 0.25) is 5.91 Å². The number of piperidine rings is 1. The van der Waals surface area contributed by atoms with E-state index < -0.39 is 0 Å². The molecule has 2 aromatic carbocycles. The molecule has 28 heavy (non-hydrogen) atoms. The van der Waals surface area contributed by atoms with Crippen LogP contribution in [0.25, 0.3) is 11.0 Å². The molecule has 0 bridgehead atoms. The molecule has 0 aliphatic carbocycles. The largest absolute Gasteiger partial charge is 0.493 e. The third kappa shape index (κ3) is 4.30. The van der Waals surface area contributed by atoms with Gasteiger partial charge in [-0.25, -0.2) is 4.98 Å². The summed E-state index contributed by atoms with van der Waals surface area (Å²) in [5.41, 5.74) is 3.33. The monoisotopic (exact) mass is 397 g/mol. The molecule has 3 aromatic rings. The van der Waals surface area contributed by atoms with Crippen molar-refractivity contribution in [1.29, 1.82) is 0 Å². The van der Waals surface area contributed by atoms with Crippen molar-refractivity contribution < 1.29 is 9.53 Å². The highest BCUT2D eigenvalue weighted by molar-refractivity contribution is 6.30. The standard InChI is InChI=1S/C22H24ClN3O2/c1-15-2-7-19-20(14-15)25-22(24-19)16-8-11-26(12-9-16)21(27)10-13-28-18-5-3-17(23)4-6-18/h2-7,14,16H,8-13H2,1H3,(H,24,25). The number of hydrogen-bond donors (Lipinski definition) is 1. The number of likely N-dealkylation sites (tertiary alicyclic amines) is 1. The van der Waals surface area contributed by atoms with E-state index in [-0.39, 0.29) is 5.91 Å². The second-order valence-electron chi connectivity index (χ2n) is 7.35. The van der Waals surface area contributed by atoms with Crippen LogP contribution in [0.5, 0.6) is 5.75 Å². The van der Waals surface area contributed by atoms with Gasteiger partial charge in [-0.05, 0) is 61.7 Å². The Labute approximate surface area is 169 Å². The quantitative estimate of drug-likeness (QED) is 0.678. The van der Waals surface area contributed by atoms with Gasteiger partial charge in [0.25, 0.3) is 0 Å². The fourth-order valence-electron chi connectivity index (χ4n) is 3.68. The van der Waals surface area contributed by atoms with Crippen LogP contribution in [0.1, 0.15) is 36.6 Å². The average Bonchev–Trinajstić information content (AvgIpc) is 3.12. The molecule has 0 saturated carbocycles. The number of benzene rings is 2. The van der Waals surface area contributed by atoms with Gasteiger partial charge in [0, 0.05) is 24.0 Å². The molecule has 1 aliphatic heterocycles. The van der Waals surface area contributed by atoms with Crippen molar-refractivity contribution in [1.82, 2.24) is 14.9 Å². The summed E-state index contributed by atoms with van der Waals surface area (Å²) >= 11 is 5.86. The Bertz CT molecular complexity index is 960. The number of aromatic amines is 1. The molecule has 0 radical (unpaired) electrons. The first kappa shape index (κ1) is 18.8. The molecular formula is C22H24ClN3O2. The fraction of sp³-hybridized carbons (Fsp3) is 0.364. The number of rotatable bonds is 5. The van der Waals surface area contributed by atoms with Gasteiger partial charge in [0.05, 0.1) is 24.1 Å². The third-order valence-electron chi connectivity index (χ3n) is 5.29. The van der Waals surface area contributed by atoms with Gasteiger partial charge >= 0.3 is 0 Å². The van der Waals surface area contributed by atoms with Crippen LogP contribution in [0, 0.1) is 6.92 Å². The number of hydrogen-bond acceptors (Lipinski definition) is 3. The van der Waals surface area contributed by atoms with Crippen molar-refractivity contribution in [2.45, 2.75) is 32.1 Å². The lowest BCUT2D eigenvalue weighted by Gasteiger charge is -2.31. The number of amides is 1. The van der Waals surface area contributed by atoms with Crippen molar-refractivity contribution in [3.63, 3.8) is 0 Å². The van der Waals surface area contributed by atoms with E-state index in [1.807, 2.05) is 17.0 Å². The highest BCUT2D eigenvalue weighted by Gasteiger charge is 2.25. The van der Waals surface area contributed by atoms with E-state index >= 15 is 0 Å². The lowest BCUT2D eigenvalue weighted by molar-refractivity contribution is -0.132. The first-order valence-corrected chi connectivity index (χ1v) is 10.1. The van der Waals surface area contributed by atoms with Crippen LogP contribution in [0.4, 0.5) is 0 Å². The number of nitrogens with one attached hydrogen (secondary N) is 1. The minimum Gasteiger partial charge on any atom is -0.493 e. The summed E-state index contributed by atoms with van der Waals surface area (Å²) in [7, 11) is 0. The Hall–Kier alpha value is -2.53. The first-order valence-electron chi connectivity index (χ1n) is 9.71. The number of nitrogens with zero attached hydrogens (tertiary/aromatic N) is 2. The molecule has 0 unspecified atom stereocenters. The molecule has 146 valence electrons. The van der Waals surface area contributed by atoms with Crippen LogP contribution in [-0.4, -0.2) is 40.5 Å². The first-order chi connectivity index (χ1) is 13.6. The number of aryl methyl sites for hydroxylation is 1. The maximum absolute atomic E-state index is 12.5. The minimum absolute atomic E-state index is 0.146. The molecule has 6 heteroatoms. The van der Waals surface area contributed by atoms with Crippen LogP contribution in [0.15, 0.2) is 42.5 Å². The van der Waals surface area contributed by atoms with Crippen molar-refractivity contribution in [2.75, 3.05) is 19.7 Å². The van der Waals surface area contributed by atoms with Crippen molar-refractivity contribution >= 4 is 28.5 Å². The molecule has 1 aromatic heterocycles. The van der Waals surface area contributed by atoms with Gasteiger partial charge in [0.15, 0.2) is 0 Å². The molecular weight excluding hydrogens is 374 g/mol. The zero-order valence-corrected chi connectivity index (χ0v) is 16.7. The zero-order chi connectivity index (χ0) is 19.5. The van der Waals surface area contributed by atoms with Gasteiger partial charge < -0.3 is 14.6 Å². The number of carbonyl (C=O) groups is 1. The van der Waals surface area contributed by atoms with E-state index in [0.29, 0.717) is 24.0 Å². The van der Waals surface area contributed by atoms with Crippen LogP contribution in [0.3, 0.4) is 0 Å². The number of fused-ring (bicyclic) bond motifs is 1. The normalized spacial score (nSPS) is 15.1. The Kier molecular flexibility index (Phi) is 5.53. The SMILES string of the molecule is Cc1ccc2nc(C3CCN(C(=O)CCOc4ccc(Cl)cc4)CC3)[nH]c2c1. The van der Waals surface area contributed by atoms with Crippen LogP contribution < -0.4 is 4.74 Å². The van der Waals surface area contributed by atoms with Crippen LogP contribution in [0.2, 0.25) is 5.02 Å². The van der Waals surface area contributed by atoms with Crippen molar-refractivity contribution in [3.05, 3.63) is 58.9 Å². The molecule has 1 N–H and O–H groups in total. The Morgan fingerprint density at radius 3 is 2.71 bits per heavy atom. The van der Waals surface area contributed by atoms with Crippen molar-refractivity contribution in [3.8, 4) is 5.75 Å². The lowest BCUT2D eigenvalue weighted by Crippen LogP contribution is -2.38. The van der Waals surface area contributed by atoms with Gasteiger partial charge in [-0.2, -0.15) is 0 Å². The third-order valence-corrected chi connectivity index (χ3v) is 5.54. The Morgan fingerprint density at radius 2 is 1.96 bits per heavy atom. The maximum atomic E-state index is 12.5. The molecule has 1 fully saturated rings. The number of imidazole rings is 1. The van der Waals surface area contributed by atoms with Gasteiger partial charge in [-0.1, -0.05) is 17.7 Å². The second-order valence-corrected chi connectivity index (χ2v) is 7.79. The molecule has 1 amide bonds. The number of ether oxygens (including phenoxy) is 1. The van der Waals surface area contributed by atoms with Crippen molar-refractivity contribution in [2.24, 2.45) is 0 Å². The molecule has 4 rings (SSSR count). The van der Waals surface area contributed by atoms with Gasteiger partial charge in [-0.3, -0.25) is 4.79 Å². The Balaban J connectivity index is 1.27. The smallest absolute Gasteiger partial charge is 0.225 e. The minimum atomic E-state index is 0.146. The summed E-state index contributed by atoms with van der Waals surface area (Å²) in [4.78, 5) is 22.6. The summed E-state index contributed by atoms with van der Waals surface area (Å²) < 4.78 is 5.64. The average molecular weight is 398 g/mol. The van der Waals surface area contributed by atoms with E-state index in [4.69, 9.17) is 21.3 Å². The van der Waals surface area contributed by atoms with E-state index in [0.717, 1.165) is 48.5 Å². The number of H-pyrrole nitrogens is 1. The van der Waals surface area contributed by atoms with Gasteiger partial charge in [-0.15, -0.1) is 0 Å². The summed E-state index contributed by atoms with van der Waals surface area (Å²) in [6, 6.07) is 13.5. The fourth-order valence-corrected chi connectivity index (χ4v) is 3.81. The van der Waals surface area contributed by atoms with Crippen LogP contribution >= 0.6 is 11.6 Å². The highest BCUT2D eigenvalue weighted by Crippen LogP contribution is 2.28. The van der Waals surface area contributed by atoms with E-state index in [1.54, 1.807) is 12.1 Å². The summed E-state index contributed by atoms with van der Waals surface area (Å²) in [6.45, 7) is 3.99. The van der Waals surface area contributed by atoms with E-state index in [1.165, 1.54) is 5.56 Å². The van der Waals surface area contributed by atoms with E-state index in [2.05, 4.69) is 30.1 Å². The predicted octanol–water partition coefficient (Wildman–Crippen LogP) is 4.70. The maximum Gasteiger partial charge on any atom is 0.225 e. The molecule has 1 saturated heterocycles. The second kappa shape index (κ2) is 8.23. The number of carbonyl (C=O) groups excluding carboxylic acids is 1. The Morgan fingerprint density at radius 1 is 1.21 bits per heavy atom. The molecule has 0 spiro atoms. The lowest BCUT2D eigenvalue weighted by atomic mass is 9.96. The summed E-state index contributed by atoms with van der Waals surface area (Å²) in [5, 5.41) is 0.672. The molecule has 2 heterocycles. The summed E-state index contributed by atoms with van der Waals surface area (Å²) in [6.07, 6.45) is 2.25. The zero-order valence-electron chi connectivity index (χ0n) is 16.0. The molecule has 1 aliphatic rings. The number of halogens is 1. The summed E-state index contributed by atoms with van der Waals surface area (Å²) in [5.74, 6) is 2.30. The van der Waals surface area contributed by atoms with Crippen LogP contribution in [-0.2, 0) is 4.79 Å². The molecule has 5 nitrogen and oxygen atoms in total.